The van der Waals surface area contributed by atoms with Gasteiger partial charge in [-0.15, -0.1) is 0 Å². The number of amides is 1. The third-order valence-electron chi connectivity index (χ3n) is 3.48. The summed E-state index contributed by atoms with van der Waals surface area (Å²) in [6.45, 7) is 14.6. The molecule has 0 aromatic carbocycles. The molecule has 1 fully saturated rings. The number of hydrogen-bond donors (Lipinski definition) is 1. The zero-order chi connectivity index (χ0) is 15.9. The van der Waals surface area contributed by atoms with Gasteiger partial charge in [0.1, 0.15) is 6.61 Å². The van der Waals surface area contributed by atoms with Gasteiger partial charge in [0.05, 0.1) is 18.8 Å². The quantitative estimate of drug-likeness (QED) is 0.777. The summed E-state index contributed by atoms with van der Waals surface area (Å²) >= 11 is 0. The molecule has 1 aliphatic heterocycles. The van der Waals surface area contributed by atoms with E-state index in [9.17, 15) is 4.79 Å². The highest BCUT2D eigenvalue weighted by Crippen LogP contribution is 2.13. The van der Waals surface area contributed by atoms with E-state index >= 15 is 0 Å². The summed E-state index contributed by atoms with van der Waals surface area (Å²) in [5.41, 5.74) is -0.279. The van der Waals surface area contributed by atoms with Gasteiger partial charge in [-0.05, 0) is 33.1 Å². The molecule has 5 nitrogen and oxygen atoms in total. The molecule has 1 unspecified atom stereocenters. The molecule has 1 aliphatic rings. The average molecular weight is 300 g/mol. The van der Waals surface area contributed by atoms with Crippen LogP contribution in [-0.4, -0.2) is 61.9 Å². The summed E-state index contributed by atoms with van der Waals surface area (Å²) in [6.07, 6.45) is 1.08. The lowest BCUT2D eigenvalue weighted by Crippen LogP contribution is -2.49. The summed E-state index contributed by atoms with van der Waals surface area (Å²) in [5, 5.41) is 3.01. The summed E-state index contributed by atoms with van der Waals surface area (Å²) < 4.78 is 10.9. The van der Waals surface area contributed by atoms with Crippen molar-refractivity contribution in [3.05, 3.63) is 0 Å². The molecular formula is C16H32N2O3. The Kier molecular flexibility index (Phi) is 7.63. The van der Waals surface area contributed by atoms with Crippen LogP contribution in [0.15, 0.2) is 0 Å². The van der Waals surface area contributed by atoms with Crippen molar-refractivity contribution in [3.8, 4) is 0 Å². The number of nitrogens with zero attached hydrogens (tertiary/aromatic N) is 1. The first-order valence-corrected chi connectivity index (χ1v) is 8.00. The Morgan fingerprint density at radius 2 is 1.90 bits per heavy atom. The second-order valence-corrected chi connectivity index (χ2v) is 7.14. The van der Waals surface area contributed by atoms with E-state index < -0.39 is 0 Å². The van der Waals surface area contributed by atoms with E-state index in [0.717, 1.165) is 32.7 Å². The van der Waals surface area contributed by atoms with Gasteiger partial charge in [0.25, 0.3) is 0 Å². The Balaban J connectivity index is 2.39. The molecule has 0 spiro atoms. The third-order valence-corrected chi connectivity index (χ3v) is 3.48. The topological polar surface area (TPSA) is 50.8 Å². The van der Waals surface area contributed by atoms with E-state index in [-0.39, 0.29) is 18.1 Å². The smallest absolute Gasteiger partial charge is 0.246 e. The molecule has 0 saturated carbocycles. The van der Waals surface area contributed by atoms with Gasteiger partial charge in [0, 0.05) is 25.7 Å². The highest BCUT2D eigenvalue weighted by molar-refractivity contribution is 5.77. The molecule has 1 amide bonds. The summed E-state index contributed by atoms with van der Waals surface area (Å²) in [6, 6.07) is 0.382. The van der Waals surface area contributed by atoms with Crippen LogP contribution in [0, 0.1) is 5.92 Å². The molecule has 1 rings (SSSR count). The number of nitrogens with one attached hydrogen (secondary N) is 1. The maximum absolute atomic E-state index is 11.9. The molecule has 1 saturated heterocycles. The zero-order valence-electron chi connectivity index (χ0n) is 14.3. The van der Waals surface area contributed by atoms with Gasteiger partial charge in [-0.1, -0.05) is 13.8 Å². The van der Waals surface area contributed by atoms with Crippen LogP contribution in [0.1, 0.15) is 41.0 Å². The Morgan fingerprint density at radius 1 is 1.29 bits per heavy atom. The van der Waals surface area contributed by atoms with Gasteiger partial charge < -0.3 is 14.8 Å². The van der Waals surface area contributed by atoms with Crippen LogP contribution in [0.5, 0.6) is 0 Å². The lowest BCUT2D eigenvalue weighted by Gasteiger charge is -2.35. The van der Waals surface area contributed by atoms with E-state index in [4.69, 9.17) is 9.47 Å². The van der Waals surface area contributed by atoms with E-state index in [2.05, 4.69) is 24.1 Å². The second kappa shape index (κ2) is 8.71. The minimum Gasteiger partial charge on any atom is -0.379 e. The van der Waals surface area contributed by atoms with E-state index in [1.54, 1.807) is 0 Å². The highest BCUT2D eigenvalue weighted by atomic mass is 16.5. The molecule has 0 aromatic heterocycles. The number of morpholine rings is 1. The SMILES string of the molecule is CC(C)CC(CNC(=O)COC(C)(C)C)N1CCOCC1. The van der Waals surface area contributed by atoms with E-state index in [0.29, 0.717) is 18.5 Å². The Bertz CT molecular complexity index is 307. The number of carbonyl (C=O) groups excluding carboxylic acids is 1. The van der Waals surface area contributed by atoms with Crippen molar-refractivity contribution in [1.82, 2.24) is 10.2 Å². The van der Waals surface area contributed by atoms with Gasteiger partial charge in [-0.2, -0.15) is 0 Å². The Hall–Kier alpha value is -0.650. The van der Waals surface area contributed by atoms with Gasteiger partial charge >= 0.3 is 0 Å². The molecule has 1 heterocycles. The fourth-order valence-corrected chi connectivity index (χ4v) is 2.41. The lowest BCUT2D eigenvalue weighted by molar-refractivity contribution is -0.130. The first-order valence-electron chi connectivity index (χ1n) is 8.00. The predicted octanol–water partition coefficient (Wildman–Crippen LogP) is 1.66. The van der Waals surface area contributed by atoms with Gasteiger partial charge in [0.2, 0.25) is 5.91 Å². The van der Waals surface area contributed by atoms with Crippen molar-refractivity contribution in [3.63, 3.8) is 0 Å². The summed E-state index contributed by atoms with van der Waals surface area (Å²) in [7, 11) is 0. The zero-order valence-corrected chi connectivity index (χ0v) is 14.3. The minimum absolute atomic E-state index is 0.0352. The molecule has 5 heteroatoms. The molecule has 124 valence electrons. The van der Waals surface area contributed by atoms with Crippen molar-refractivity contribution in [2.24, 2.45) is 5.92 Å². The van der Waals surface area contributed by atoms with E-state index in [1.807, 2.05) is 20.8 Å². The molecule has 0 aromatic rings. The Labute approximate surface area is 129 Å². The van der Waals surface area contributed by atoms with E-state index in [1.165, 1.54) is 0 Å². The lowest BCUT2D eigenvalue weighted by atomic mass is 10.0. The number of rotatable bonds is 7. The Morgan fingerprint density at radius 3 is 2.43 bits per heavy atom. The van der Waals surface area contributed by atoms with Gasteiger partial charge in [-0.3, -0.25) is 9.69 Å². The number of hydrogen-bond acceptors (Lipinski definition) is 4. The molecule has 1 N–H and O–H groups in total. The van der Waals surface area contributed by atoms with Crippen LogP contribution < -0.4 is 5.32 Å². The minimum atomic E-state index is -0.279. The van der Waals surface area contributed by atoms with Crippen LogP contribution >= 0.6 is 0 Å². The molecule has 0 bridgehead atoms. The van der Waals surface area contributed by atoms with Crippen LogP contribution in [0.4, 0.5) is 0 Å². The molecule has 0 radical (unpaired) electrons. The molecule has 1 atom stereocenters. The van der Waals surface area contributed by atoms with Crippen LogP contribution in [0.2, 0.25) is 0 Å². The first kappa shape index (κ1) is 18.4. The fourth-order valence-electron chi connectivity index (χ4n) is 2.41. The maximum Gasteiger partial charge on any atom is 0.246 e. The highest BCUT2D eigenvalue weighted by Gasteiger charge is 2.22. The second-order valence-electron chi connectivity index (χ2n) is 7.14. The van der Waals surface area contributed by atoms with Crippen molar-refractivity contribution < 1.29 is 14.3 Å². The van der Waals surface area contributed by atoms with Crippen molar-refractivity contribution >= 4 is 5.91 Å². The van der Waals surface area contributed by atoms with Gasteiger partial charge in [0.15, 0.2) is 0 Å². The third kappa shape index (κ3) is 8.39. The number of ether oxygens (including phenoxy) is 2. The summed E-state index contributed by atoms with van der Waals surface area (Å²) in [4.78, 5) is 14.3. The molecule has 0 aliphatic carbocycles. The normalized spacial score (nSPS) is 18.8. The number of carbonyl (C=O) groups is 1. The molecular weight excluding hydrogens is 268 g/mol. The van der Waals surface area contributed by atoms with Crippen molar-refractivity contribution in [1.29, 1.82) is 0 Å². The monoisotopic (exact) mass is 300 g/mol. The first-order chi connectivity index (χ1) is 9.78. The maximum atomic E-state index is 11.9. The van der Waals surface area contributed by atoms with Crippen LogP contribution in [-0.2, 0) is 14.3 Å². The summed E-state index contributed by atoms with van der Waals surface area (Å²) in [5.74, 6) is 0.576. The van der Waals surface area contributed by atoms with Crippen molar-refractivity contribution in [2.75, 3.05) is 39.5 Å². The predicted molar refractivity (Wildman–Crippen MR) is 84.3 cm³/mol. The van der Waals surface area contributed by atoms with Crippen LogP contribution in [0.25, 0.3) is 0 Å². The van der Waals surface area contributed by atoms with Gasteiger partial charge in [-0.25, -0.2) is 0 Å². The fraction of sp³-hybridized carbons (Fsp3) is 0.938. The largest absolute Gasteiger partial charge is 0.379 e. The van der Waals surface area contributed by atoms with Crippen molar-refractivity contribution in [2.45, 2.75) is 52.7 Å². The molecule has 21 heavy (non-hydrogen) atoms. The average Bonchev–Trinajstić information content (AvgIpc) is 2.41. The van der Waals surface area contributed by atoms with Crippen LogP contribution in [0.3, 0.4) is 0 Å². The standard InChI is InChI=1S/C16H32N2O3/c1-13(2)10-14(18-6-8-20-9-7-18)11-17-15(19)12-21-16(3,4)5/h13-14H,6-12H2,1-5H3,(H,17,19).